The summed E-state index contributed by atoms with van der Waals surface area (Å²) in [4.78, 5) is 2.25. The summed E-state index contributed by atoms with van der Waals surface area (Å²) in [5.41, 5.74) is -0.491. The lowest BCUT2D eigenvalue weighted by atomic mass is 10.0. The highest BCUT2D eigenvalue weighted by atomic mass is 19.4. The van der Waals surface area contributed by atoms with E-state index in [0.717, 1.165) is 32.1 Å². The number of hydrogen-bond donors (Lipinski definition) is 1. The third kappa shape index (κ3) is 4.48. The minimum Gasteiger partial charge on any atom is -0.315 e. The van der Waals surface area contributed by atoms with Crippen molar-refractivity contribution in [2.24, 2.45) is 5.92 Å². The van der Waals surface area contributed by atoms with Gasteiger partial charge in [0, 0.05) is 25.7 Å². The minimum atomic E-state index is -4.51. The van der Waals surface area contributed by atoms with Crippen molar-refractivity contribution < 1.29 is 17.6 Å². The zero-order valence-electron chi connectivity index (χ0n) is 13.7. The van der Waals surface area contributed by atoms with Crippen LogP contribution >= 0.6 is 0 Å². The lowest BCUT2D eigenvalue weighted by Crippen LogP contribution is -2.39. The molecule has 134 valence electrons. The average Bonchev–Trinajstić information content (AvgIpc) is 3.18. The molecule has 3 rings (SSSR count). The molecule has 1 atom stereocenters. The fourth-order valence-electron chi connectivity index (χ4n) is 3.96. The maximum atomic E-state index is 13.7. The minimum absolute atomic E-state index is 0.322. The van der Waals surface area contributed by atoms with Crippen LogP contribution in [0.5, 0.6) is 0 Å². The SMILES string of the molecule is Fc1cc(CN(CC2CCCC2)[C@H]2CCNC2)cc(C(F)(F)F)c1. The van der Waals surface area contributed by atoms with Crippen LogP contribution in [0.25, 0.3) is 0 Å². The van der Waals surface area contributed by atoms with Crippen LogP contribution in [0.15, 0.2) is 18.2 Å². The van der Waals surface area contributed by atoms with E-state index < -0.39 is 17.6 Å². The summed E-state index contributed by atoms with van der Waals surface area (Å²) in [6.45, 7) is 3.06. The van der Waals surface area contributed by atoms with Gasteiger partial charge in [-0.3, -0.25) is 4.90 Å². The Kier molecular flexibility index (Phi) is 5.45. The molecule has 1 N–H and O–H groups in total. The predicted octanol–water partition coefficient (Wildman–Crippen LogP) is 4.20. The summed E-state index contributed by atoms with van der Waals surface area (Å²) < 4.78 is 52.4. The molecule has 0 unspecified atom stereocenters. The average molecular weight is 344 g/mol. The summed E-state index contributed by atoms with van der Waals surface area (Å²) in [6.07, 6.45) is 1.33. The monoisotopic (exact) mass is 344 g/mol. The molecular weight excluding hydrogens is 320 g/mol. The van der Waals surface area contributed by atoms with E-state index in [2.05, 4.69) is 10.2 Å². The van der Waals surface area contributed by atoms with Crippen molar-refractivity contribution >= 4 is 0 Å². The van der Waals surface area contributed by atoms with Gasteiger partial charge in [0.1, 0.15) is 5.82 Å². The molecule has 1 aromatic carbocycles. The molecule has 2 fully saturated rings. The topological polar surface area (TPSA) is 15.3 Å². The van der Waals surface area contributed by atoms with Crippen LogP contribution in [-0.2, 0) is 12.7 Å². The molecule has 1 saturated heterocycles. The van der Waals surface area contributed by atoms with Gasteiger partial charge in [0.25, 0.3) is 0 Å². The van der Waals surface area contributed by atoms with Crippen molar-refractivity contribution in [3.63, 3.8) is 0 Å². The van der Waals surface area contributed by atoms with E-state index in [-0.39, 0.29) is 0 Å². The Hall–Kier alpha value is -1.14. The Balaban J connectivity index is 1.77. The first kappa shape index (κ1) is 17.7. The number of nitrogens with zero attached hydrogens (tertiary/aromatic N) is 1. The van der Waals surface area contributed by atoms with Crippen molar-refractivity contribution in [1.82, 2.24) is 10.2 Å². The molecule has 2 aliphatic rings. The highest BCUT2D eigenvalue weighted by Crippen LogP contribution is 2.32. The van der Waals surface area contributed by atoms with E-state index in [1.807, 2.05) is 0 Å². The van der Waals surface area contributed by atoms with Crippen LogP contribution in [-0.4, -0.2) is 30.6 Å². The molecule has 1 heterocycles. The molecule has 0 spiro atoms. The van der Waals surface area contributed by atoms with Gasteiger partial charge >= 0.3 is 6.18 Å². The van der Waals surface area contributed by atoms with E-state index >= 15 is 0 Å². The fraction of sp³-hybridized carbons (Fsp3) is 0.667. The van der Waals surface area contributed by atoms with Gasteiger partial charge in [0.05, 0.1) is 5.56 Å². The van der Waals surface area contributed by atoms with Crippen LogP contribution in [0.2, 0.25) is 0 Å². The Morgan fingerprint density at radius 2 is 1.83 bits per heavy atom. The molecule has 0 amide bonds. The Morgan fingerprint density at radius 1 is 1.08 bits per heavy atom. The van der Waals surface area contributed by atoms with Crippen LogP contribution in [0.3, 0.4) is 0 Å². The van der Waals surface area contributed by atoms with Gasteiger partial charge < -0.3 is 5.32 Å². The van der Waals surface area contributed by atoms with Crippen LogP contribution in [0.4, 0.5) is 17.6 Å². The number of nitrogens with one attached hydrogen (secondary N) is 1. The van der Waals surface area contributed by atoms with E-state index in [4.69, 9.17) is 0 Å². The van der Waals surface area contributed by atoms with Crippen molar-refractivity contribution in [1.29, 1.82) is 0 Å². The van der Waals surface area contributed by atoms with Crippen LogP contribution in [0, 0.1) is 11.7 Å². The maximum Gasteiger partial charge on any atom is 0.416 e. The first-order valence-electron chi connectivity index (χ1n) is 8.73. The summed E-state index contributed by atoms with van der Waals surface area (Å²) in [6, 6.07) is 3.22. The summed E-state index contributed by atoms with van der Waals surface area (Å²) in [5, 5.41) is 3.31. The second kappa shape index (κ2) is 7.40. The van der Waals surface area contributed by atoms with Gasteiger partial charge in [0.2, 0.25) is 0 Å². The van der Waals surface area contributed by atoms with Gasteiger partial charge in [0.15, 0.2) is 0 Å². The Labute approximate surface area is 140 Å². The second-order valence-corrected chi connectivity index (χ2v) is 7.07. The van der Waals surface area contributed by atoms with Gasteiger partial charge in [-0.25, -0.2) is 4.39 Å². The number of hydrogen-bond acceptors (Lipinski definition) is 2. The quantitative estimate of drug-likeness (QED) is 0.806. The van der Waals surface area contributed by atoms with E-state index in [1.54, 1.807) is 0 Å². The third-order valence-electron chi connectivity index (χ3n) is 5.19. The molecule has 0 bridgehead atoms. The van der Waals surface area contributed by atoms with Gasteiger partial charge in [-0.2, -0.15) is 13.2 Å². The molecule has 1 saturated carbocycles. The first-order chi connectivity index (χ1) is 11.4. The number of benzene rings is 1. The summed E-state index contributed by atoms with van der Waals surface area (Å²) in [5.74, 6) is -0.202. The van der Waals surface area contributed by atoms with Gasteiger partial charge in [-0.05, 0) is 55.5 Å². The second-order valence-electron chi connectivity index (χ2n) is 7.07. The van der Waals surface area contributed by atoms with Crippen LogP contribution < -0.4 is 5.32 Å². The smallest absolute Gasteiger partial charge is 0.315 e. The van der Waals surface area contributed by atoms with E-state index in [0.29, 0.717) is 30.1 Å². The fourth-order valence-corrected chi connectivity index (χ4v) is 3.96. The number of alkyl halides is 3. The van der Waals surface area contributed by atoms with E-state index in [9.17, 15) is 17.6 Å². The van der Waals surface area contributed by atoms with Crippen LogP contribution in [0.1, 0.15) is 43.2 Å². The molecule has 6 heteroatoms. The number of rotatable bonds is 5. The molecule has 24 heavy (non-hydrogen) atoms. The van der Waals surface area contributed by atoms with Crippen molar-refractivity contribution in [3.05, 3.63) is 35.1 Å². The van der Waals surface area contributed by atoms with E-state index in [1.165, 1.54) is 31.7 Å². The molecule has 2 nitrogen and oxygen atoms in total. The molecule has 1 aliphatic carbocycles. The van der Waals surface area contributed by atoms with Crippen molar-refractivity contribution in [2.45, 2.75) is 50.9 Å². The lowest BCUT2D eigenvalue weighted by Gasteiger charge is -2.31. The van der Waals surface area contributed by atoms with Crippen molar-refractivity contribution in [3.8, 4) is 0 Å². The molecule has 0 aromatic heterocycles. The molecular formula is C18H24F4N2. The molecule has 1 aliphatic heterocycles. The molecule has 0 radical (unpaired) electrons. The Bertz CT molecular complexity index is 546. The van der Waals surface area contributed by atoms with Crippen molar-refractivity contribution in [2.75, 3.05) is 19.6 Å². The largest absolute Gasteiger partial charge is 0.416 e. The zero-order valence-corrected chi connectivity index (χ0v) is 13.7. The predicted molar refractivity (Wildman–Crippen MR) is 85.0 cm³/mol. The summed E-state index contributed by atoms with van der Waals surface area (Å²) >= 11 is 0. The maximum absolute atomic E-state index is 13.7. The summed E-state index contributed by atoms with van der Waals surface area (Å²) in [7, 11) is 0. The third-order valence-corrected chi connectivity index (χ3v) is 5.19. The highest BCUT2D eigenvalue weighted by Gasteiger charge is 2.32. The lowest BCUT2D eigenvalue weighted by molar-refractivity contribution is -0.137. The molecule has 1 aromatic rings. The Morgan fingerprint density at radius 3 is 2.46 bits per heavy atom. The standard InChI is InChI=1S/C18H24F4N2/c19-16-8-14(7-15(9-16)18(20,21)22)12-24(17-5-6-23-10-17)11-13-3-1-2-4-13/h7-9,13,17,23H,1-6,10-12H2/t17-/m0/s1. The zero-order chi connectivity index (χ0) is 17.2. The first-order valence-corrected chi connectivity index (χ1v) is 8.73. The normalized spacial score (nSPS) is 22.6. The van der Waals surface area contributed by atoms with Gasteiger partial charge in [-0.15, -0.1) is 0 Å². The number of halogens is 4. The van der Waals surface area contributed by atoms with Gasteiger partial charge in [-0.1, -0.05) is 12.8 Å². The highest BCUT2D eigenvalue weighted by molar-refractivity contribution is 5.27.